The molecule has 24 heavy (non-hydrogen) atoms. The van der Waals surface area contributed by atoms with E-state index in [4.69, 9.17) is 9.47 Å². The van der Waals surface area contributed by atoms with Crippen molar-refractivity contribution < 1.29 is 14.3 Å². The molecular weight excluding hydrogens is 306 g/mol. The summed E-state index contributed by atoms with van der Waals surface area (Å²) in [7, 11) is 1.56. The Morgan fingerprint density at radius 1 is 1.21 bits per heavy atom. The molecule has 2 aromatic rings. The molecule has 1 N–H and O–H groups in total. The van der Waals surface area contributed by atoms with Gasteiger partial charge in [0, 0.05) is 17.2 Å². The first-order valence-corrected chi connectivity index (χ1v) is 7.83. The van der Waals surface area contributed by atoms with Gasteiger partial charge in [0.15, 0.2) is 6.61 Å². The first-order valence-electron chi connectivity index (χ1n) is 7.83. The van der Waals surface area contributed by atoms with Gasteiger partial charge >= 0.3 is 0 Å². The normalized spacial score (nSPS) is 10.6. The molecule has 0 aliphatic rings. The highest BCUT2D eigenvalue weighted by Crippen LogP contribution is 2.23. The molecule has 0 spiro atoms. The number of rotatable bonds is 6. The molecule has 0 atom stereocenters. The van der Waals surface area contributed by atoms with Gasteiger partial charge in [-0.3, -0.25) is 4.79 Å². The summed E-state index contributed by atoms with van der Waals surface area (Å²) < 4.78 is 10.8. The van der Waals surface area contributed by atoms with Crippen LogP contribution in [0.5, 0.6) is 11.6 Å². The van der Waals surface area contributed by atoms with Crippen LogP contribution in [0.25, 0.3) is 0 Å². The SMILES string of the molecule is COc1ccccc1NC(=O)COc1nc(C(C)C)nc(C)c1C. The number of benzene rings is 1. The van der Waals surface area contributed by atoms with Crippen LogP contribution in [0, 0.1) is 13.8 Å². The highest BCUT2D eigenvalue weighted by atomic mass is 16.5. The van der Waals surface area contributed by atoms with Crippen LogP contribution in [-0.2, 0) is 4.79 Å². The molecule has 2 rings (SSSR count). The number of aryl methyl sites for hydroxylation is 1. The molecule has 0 aliphatic carbocycles. The number of carbonyl (C=O) groups is 1. The fourth-order valence-corrected chi connectivity index (χ4v) is 2.09. The minimum absolute atomic E-state index is 0.132. The second-order valence-corrected chi connectivity index (χ2v) is 5.79. The number of anilines is 1. The number of para-hydroxylation sites is 2. The minimum Gasteiger partial charge on any atom is -0.495 e. The van der Waals surface area contributed by atoms with Crippen molar-refractivity contribution in [3.8, 4) is 11.6 Å². The summed E-state index contributed by atoms with van der Waals surface area (Å²) in [4.78, 5) is 21.0. The quantitative estimate of drug-likeness (QED) is 0.880. The maximum Gasteiger partial charge on any atom is 0.262 e. The molecular formula is C18H23N3O3. The van der Waals surface area contributed by atoms with E-state index in [1.54, 1.807) is 19.2 Å². The van der Waals surface area contributed by atoms with Crippen molar-refractivity contribution in [2.45, 2.75) is 33.6 Å². The van der Waals surface area contributed by atoms with Crippen molar-refractivity contribution >= 4 is 11.6 Å². The summed E-state index contributed by atoms with van der Waals surface area (Å²) >= 11 is 0. The van der Waals surface area contributed by atoms with E-state index in [0.717, 1.165) is 11.3 Å². The number of hydrogen-bond donors (Lipinski definition) is 1. The summed E-state index contributed by atoms with van der Waals surface area (Å²) in [6.07, 6.45) is 0. The predicted molar refractivity (Wildman–Crippen MR) is 92.7 cm³/mol. The number of nitrogens with zero attached hydrogens (tertiary/aromatic N) is 2. The second-order valence-electron chi connectivity index (χ2n) is 5.79. The van der Waals surface area contributed by atoms with Crippen LogP contribution < -0.4 is 14.8 Å². The van der Waals surface area contributed by atoms with Crippen LogP contribution in [0.3, 0.4) is 0 Å². The van der Waals surface area contributed by atoms with E-state index in [-0.39, 0.29) is 18.4 Å². The Bertz CT molecular complexity index is 729. The molecule has 0 saturated carbocycles. The lowest BCUT2D eigenvalue weighted by molar-refractivity contribution is -0.118. The van der Waals surface area contributed by atoms with Gasteiger partial charge < -0.3 is 14.8 Å². The van der Waals surface area contributed by atoms with E-state index in [2.05, 4.69) is 15.3 Å². The maximum atomic E-state index is 12.1. The van der Waals surface area contributed by atoms with Crippen molar-refractivity contribution in [1.29, 1.82) is 0 Å². The molecule has 6 nitrogen and oxygen atoms in total. The Balaban J connectivity index is 2.06. The number of hydrogen-bond acceptors (Lipinski definition) is 5. The highest BCUT2D eigenvalue weighted by Gasteiger charge is 2.14. The van der Waals surface area contributed by atoms with Gasteiger partial charge in [0.05, 0.1) is 12.8 Å². The lowest BCUT2D eigenvalue weighted by atomic mass is 10.2. The monoisotopic (exact) mass is 329 g/mol. The molecule has 0 saturated heterocycles. The molecule has 0 aliphatic heterocycles. The number of carbonyl (C=O) groups excluding carboxylic acids is 1. The Morgan fingerprint density at radius 2 is 1.92 bits per heavy atom. The zero-order valence-corrected chi connectivity index (χ0v) is 14.7. The van der Waals surface area contributed by atoms with Crippen molar-refractivity contribution in [2.24, 2.45) is 0 Å². The third kappa shape index (κ3) is 4.22. The minimum atomic E-state index is -0.277. The van der Waals surface area contributed by atoms with Crippen LogP contribution >= 0.6 is 0 Å². The number of aromatic nitrogens is 2. The van der Waals surface area contributed by atoms with E-state index in [1.807, 2.05) is 39.8 Å². The Morgan fingerprint density at radius 3 is 2.58 bits per heavy atom. The van der Waals surface area contributed by atoms with Gasteiger partial charge in [-0.25, -0.2) is 4.98 Å². The molecule has 0 bridgehead atoms. The van der Waals surface area contributed by atoms with Gasteiger partial charge in [0.25, 0.3) is 5.91 Å². The molecule has 0 fully saturated rings. The van der Waals surface area contributed by atoms with E-state index in [0.29, 0.717) is 23.1 Å². The van der Waals surface area contributed by atoms with Gasteiger partial charge in [-0.05, 0) is 26.0 Å². The molecule has 1 aromatic carbocycles. The summed E-state index contributed by atoms with van der Waals surface area (Å²) in [6.45, 7) is 7.69. The average molecular weight is 329 g/mol. The van der Waals surface area contributed by atoms with Crippen molar-refractivity contribution in [1.82, 2.24) is 9.97 Å². The first-order chi connectivity index (χ1) is 11.4. The first kappa shape index (κ1) is 17.7. The topological polar surface area (TPSA) is 73.3 Å². The summed E-state index contributed by atoms with van der Waals surface area (Å²) in [5, 5.41) is 2.77. The van der Waals surface area contributed by atoms with Crippen LogP contribution in [-0.4, -0.2) is 29.6 Å². The lowest BCUT2D eigenvalue weighted by Crippen LogP contribution is -2.21. The molecule has 1 aromatic heterocycles. The lowest BCUT2D eigenvalue weighted by Gasteiger charge is -2.13. The van der Waals surface area contributed by atoms with Crippen LogP contribution in [0.4, 0.5) is 5.69 Å². The van der Waals surface area contributed by atoms with Crippen molar-refractivity contribution in [3.63, 3.8) is 0 Å². The second kappa shape index (κ2) is 7.77. The van der Waals surface area contributed by atoms with E-state index in [1.165, 1.54) is 0 Å². The van der Waals surface area contributed by atoms with Gasteiger partial charge in [-0.1, -0.05) is 26.0 Å². The maximum absolute atomic E-state index is 12.1. The summed E-state index contributed by atoms with van der Waals surface area (Å²) in [5.41, 5.74) is 2.30. The number of amides is 1. The zero-order chi connectivity index (χ0) is 17.7. The average Bonchev–Trinajstić information content (AvgIpc) is 2.56. The zero-order valence-electron chi connectivity index (χ0n) is 14.7. The van der Waals surface area contributed by atoms with E-state index in [9.17, 15) is 4.79 Å². The summed E-state index contributed by atoms with van der Waals surface area (Å²) in [5.74, 6) is 1.66. The fourth-order valence-electron chi connectivity index (χ4n) is 2.09. The Labute approximate surface area is 142 Å². The third-order valence-electron chi connectivity index (χ3n) is 3.60. The molecule has 0 radical (unpaired) electrons. The smallest absolute Gasteiger partial charge is 0.262 e. The van der Waals surface area contributed by atoms with E-state index >= 15 is 0 Å². The van der Waals surface area contributed by atoms with Crippen LogP contribution in [0.15, 0.2) is 24.3 Å². The van der Waals surface area contributed by atoms with Crippen molar-refractivity contribution in [2.75, 3.05) is 19.0 Å². The number of ether oxygens (including phenoxy) is 2. The Hall–Kier alpha value is -2.63. The molecule has 0 unspecified atom stereocenters. The molecule has 1 amide bonds. The van der Waals surface area contributed by atoms with Gasteiger partial charge in [-0.15, -0.1) is 0 Å². The van der Waals surface area contributed by atoms with Gasteiger partial charge in [0.1, 0.15) is 11.6 Å². The molecule has 6 heteroatoms. The van der Waals surface area contributed by atoms with Crippen molar-refractivity contribution in [3.05, 3.63) is 41.3 Å². The van der Waals surface area contributed by atoms with Crippen LogP contribution in [0.1, 0.15) is 36.8 Å². The number of methoxy groups -OCH3 is 1. The molecule has 128 valence electrons. The predicted octanol–water partition coefficient (Wildman–Crippen LogP) is 3.24. The highest BCUT2D eigenvalue weighted by molar-refractivity contribution is 5.93. The van der Waals surface area contributed by atoms with Crippen LogP contribution in [0.2, 0.25) is 0 Å². The largest absolute Gasteiger partial charge is 0.495 e. The molecule has 1 heterocycles. The van der Waals surface area contributed by atoms with E-state index < -0.39 is 0 Å². The van der Waals surface area contributed by atoms with Gasteiger partial charge in [0.2, 0.25) is 5.88 Å². The number of nitrogens with one attached hydrogen (secondary N) is 1. The summed E-state index contributed by atoms with van der Waals surface area (Å²) in [6, 6.07) is 7.22. The third-order valence-corrected chi connectivity index (χ3v) is 3.60. The standard InChI is InChI=1S/C18H23N3O3/c1-11(2)17-19-13(4)12(3)18(21-17)24-10-16(22)20-14-8-6-7-9-15(14)23-5/h6-9,11H,10H2,1-5H3,(H,20,22). The fraction of sp³-hybridized carbons (Fsp3) is 0.389. The Kier molecular flexibility index (Phi) is 5.73. The van der Waals surface area contributed by atoms with Gasteiger partial charge in [-0.2, -0.15) is 4.98 Å².